The van der Waals surface area contributed by atoms with Crippen LogP contribution in [0.2, 0.25) is 0 Å². The van der Waals surface area contributed by atoms with Crippen LogP contribution >= 0.6 is 0 Å². The van der Waals surface area contributed by atoms with Gasteiger partial charge in [0, 0.05) is 19.6 Å². The van der Waals surface area contributed by atoms with Gasteiger partial charge in [0.1, 0.15) is 0 Å². The SMILES string of the molecule is CC(C)CCCN1CCN(CC(C)C)C(=O)C1. The van der Waals surface area contributed by atoms with E-state index in [1.165, 1.54) is 12.8 Å². The molecule has 1 fully saturated rings. The van der Waals surface area contributed by atoms with Crippen LogP contribution in [0.3, 0.4) is 0 Å². The van der Waals surface area contributed by atoms with Gasteiger partial charge in [0.25, 0.3) is 0 Å². The van der Waals surface area contributed by atoms with Gasteiger partial charge < -0.3 is 4.90 Å². The van der Waals surface area contributed by atoms with Gasteiger partial charge in [-0.1, -0.05) is 27.7 Å². The maximum Gasteiger partial charge on any atom is 0.236 e. The fourth-order valence-electron chi connectivity index (χ4n) is 2.31. The molecule has 1 heterocycles. The fraction of sp³-hybridized carbons (Fsp3) is 0.929. The molecule has 0 saturated carbocycles. The zero-order valence-corrected chi connectivity index (χ0v) is 11.9. The van der Waals surface area contributed by atoms with Gasteiger partial charge in [-0.05, 0) is 31.2 Å². The largest absolute Gasteiger partial charge is 0.340 e. The molecule has 0 aromatic rings. The molecule has 0 radical (unpaired) electrons. The highest BCUT2D eigenvalue weighted by atomic mass is 16.2. The lowest BCUT2D eigenvalue weighted by molar-refractivity contribution is -0.136. The van der Waals surface area contributed by atoms with Crippen molar-refractivity contribution >= 4 is 5.91 Å². The Labute approximate surface area is 106 Å². The Bertz CT molecular complexity index is 238. The first-order chi connectivity index (χ1) is 7.99. The third kappa shape index (κ3) is 5.53. The van der Waals surface area contributed by atoms with Crippen molar-refractivity contribution in [3.8, 4) is 0 Å². The summed E-state index contributed by atoms with van der Waals surface area (Å²) in [7, 11) is 0. The highest BCUT2D eigenvalue weighted by Gasteiger charge is 2.23. The van der Waals surface area contributed by atoms with Gasteiger partial charge in [0.2, 0.25) is 5.91 Å². The Kier molecular flexibility index (Phi) is 5.96. The van der Waals surface area contributed by atoms with Crippen molar-refractivity contribution in [3.63, 3.8) is 0 Å². The normalized spacial score (nSPS) is 18.5. The smallest absolute Gasteiger partial charge is 0.236 e. The summed E-state index contributed by atoms with van der Waals surface area (Å²) < 4.78 is 0. The second-order valence-electron chi connectivity index (χ2n) is 6.05. The Balaban J connectivity index is 2.24. The predicted molar refractivity (Wildman–Crippen MR) is 71.9 cm³/mol. The lowest BCUT2D eigenvalue weighted by atomic mass is 10.1. The first-order valence-electron chi connectivity index (χ1n) is 6.99. The van der Waals surface area contributed by atoms with E-state index in [1.807, 2.05) is 4.90 Å². The standard InChI is InChI=1S/C14H28N2O/c1-12(2)6-5-7-15-8-9-16(10-13(3)4)14(17)11-15/h12-13H,5-11H2,1-4H3. The summed E-state index contributed by atoms with van der Waals surface area (Å²) >= 11 is 0. The van der Waals surface area contributed by atoms with Crippen molar-refractivity contribution in [2.45, 2.75) is 40.5 Å². The van der Waals surface area contributed by atoms with Gasteiger partial charge >= 0.3 is 0 Å². The van der Waals surface area contributed by atoms with E-state index < -0.39 is 0 Å². The summed E-state index contributed by atoms with van der Waals surface area (Å²) in [6, 6.07) is 0. The highest BCUT2D eigenvalue weighted by molar-refractivity contribution is 5.79. The lowest BCUT2D eigenvalue weighted by Crippen LogP contribution is -2.51. The Morgan fingerprint density at radius 3 is 2.35 bits per heavy atom. The first-order valence-corrected chi connectivity index (χ1v) is 6.99. The van der Waals surface area contributed by atoms with Crippen LogP contribution in [0.1, 0.15) is 40.5 Å². The molecule has 0 N–H and O–H groups in total. The van der Waals surface area contributed by atoms with E-state index in [-0.39, 0.29) is 0 Å². The van der Waals surface area contributed by atoms with Crippen molar-refractivity contribution in [1.82, 2.24) is 9.80 Å². The van der Waals surface area contributed by atoms with Crippen molar-refractivity contribution in [3.05, 3.63) is 0 Å². The topological polar surface area (TPSA) is 23.6 Å². The van der Waals surface area contributed by atoms with Crippen molar-refractivity contribution < 1.29 is 4.79 Å². The number of hydrogen-bond donors (Lipinski definition) is 0. The molecule has 3 nitrogen and oxygen atoms in total. The molecule has 1 rings (SSSR count). The van der Waals surface area contributed by atoms with Gasteiger partial charge in [-0.25, -0.2) is 0 Å². The zero-order valence-electron chi connectivity index (χ0n) is 11.9. The Morgan fingerprint density at radius 1 is 1.12 bits per heavy atom. The molecule has 1 aliphatic heterocycles. The molecule has 3 heteroatoms. The van der Waals surface area contributed by atoms with Crippen LogP contribution in [0.4, 0.5) is 0 Å². The maximum absolute atomic E-state index is 11.9. The molecule has 0 aliphatic carbocycles. The molecule has 0 spiro atoms. The van der Waals surface area contributed by atoms with E-state index >= 15 is 0 Å². The number of hydrogen-bond acceptors (Lipinski definition) is 2. The van der Waals surface area contributed by atoms with E-state index in [2.05, 4.69) is 32.6 Å². The molecule has 0 bridgehead atoms. The van der Waals surface area contributed by atoms with E-state index in [0.29, 0.717) is 18.4 Å². The average molecular weight is 240 g/mol. The number of rotatable bonds is 6. The second-order valence-corrected chi connectivity index (χ2v) is 6.05. The molecule has 1 amide bonds. The molecule has 100 valence electrons. The van der Waals surface area contributed by atoms with E-state index in [4.69, 9.17) is 0 Å². The molecular weight excluding hydrogens is 212 g/mol. The quantitative estimate of drug-likeness (QED) is 0.711. The third-order valence-corrected chi connectivity index (χ3v) is 3.24. The van der Waals surface area contributed by atoms with Gasteiger partial charge in [-0.2, -0.15) is 0 Å². The second kappa shape index (κ2) is 7.00. The summed E-state index contributed by atoms with van der Waals surface area (Å²) in [5.41, 5.74) is 0. The van der Waals surface area contributed by atoms with Crippen LogP contribution < -0.4 is 0 Å². The first kappa shape index (κ1) is 14.5. The predicted octanol–water partition coefficient (Wildman–Crippen LogP) is 2.22. The molecular formula is C14H28N2O. The van der Waals surface area contributed by atoms with Crippen molar-refractivity contribution in [2.24, 2.45) is 11.8 Å². The van der Waals surface area contributed by atoms with Crippen molar-refractivity contribution in [2.75, 3.05) is 32.7 Å². The van der Waals surface area contributed by atoms with Crippen LogP contribution in [-0.4, -0.2) is 48.4 Å². The number of nitrogens with zero attached hydrogens (tertiary/aromatic N) is 2. The fourth-order valence-corrected chi connectivity index (χ4v) is 2.31. The minimum Gasteiger partial charge on any atom is -0.340 e. The third-order valence-electron chi connectivity index (χ3n) is 3.24. The Morgan fingerprint density at radius 2 is 1.82 bits per heavy atom. The van der Waals surface area contributed by atoms with Gasteiger partial charge in [0.15, 0.2) is 0 Å². The molecule has 0 aromatic carbocycles. The van der Waals surface area contributed by atoms with E-state index in [0.717, 1.165) is 32.1 Å². The molecule has 17 heavy (non-hydrogen) atoms. The maximum atomic E-state index is 11.9. The van der Waals surface area contributed by atoms with Crippen LogP contribution in [0.25, 0.3) is 0 Å². The Hall–Kier alpha value is -0.570. The summed E-state index contributed by atoms with van der Waals surface area (Å²) in [4.78, 5) is 16.2. The number of carbonyl (C=O) groups is 1. The molecule has 1 aliphatic rings. The van der Waals surface area contributed by atoms with Gasteiger partial charge in [-0.3, -0.25) is 9.69 Å². The van der Waals surface area contributed by atoms with Gasteiger partial charge in [-0.15, -0.1) is 0 Å². The van der Waals surface area contributed by atoms with E-state index in [9.17, 15) is 4.79 Å². The lowest BCUT2D eigenvalue weighted by Gasteiger charge is -2.35. The highest BCUT2D eigenvalue weighted by Crippen LogP contribution is 2.09. The van der Waals surface area contributed by atoms with Crippen LogP contribution in [0.15, 0.2) is 0 Å². The number of amides is 1. The van der Waals surface area contributed by atoms with Crippen LogP contribution in [0, 0.1) is 11.8 Å². The summed E-state index contributed by atoms with van der Waals surface area (Å²) in [6.45, 7) is 13.4. The van der Waals surface area contributed by atoms with Crippen LogP contribution in [-0.2, 0) is 4.79 Å². The minimum absolute atomic E-state index is 0.314. The van der Waals surface area contributed by atoms with Crippen LogP contribution in [0.5, 0.6) is 0 Å². The molecule has 1 saturated heterocycles. The number of piperazine rings is 1. The average Bonchev–Trinajstić information content (AvgIpc) is 2.21. The molecule has 0 atom stereocenters. The van der Waals surface area contributed by atoms with E-state index in [1.54, 1.807) is 0 Å². The summed E-state index contributed by atoms with van der Waals surface area (Å²) in [5.74, 6) is 1.66. The summed E-state index contributed by atoms with van der Waals surface area (Å²) in [6.07, 6.45) is 2.48. The van der Waals surface area contributed by atoms with Crippen molar-refractivity contribution in [1.29, 1.82) is 0 Å². The monoisotopic (exact) mass is 240 g/mol. The summed E-state index contributed by atoms with van der Waals surface area (Å²) in [5, 5.41) is 0. The molecule has 0 unspecified atom stereocenters. The molecule has 0 aromatic heterocycles. The minimum atomic E-state index is 0.314. The van der Waals surface area contributed by atoms with Gasteiger partial charge in [0.05, 0.1) is 6.54 Å². The number of carbonyl (C=O) groups excluding carboxylic acids is 1. The zero-order chi connectivity index (χ0) is 12.8.